The Balaban J connectivity index is 3.58. The summed E-state index contributed by atoms with van der Waals surface area (Å²) in [4.78, 5) is 9.05. The van der Waals surface area contributed by atoms with Crippen molar-refractivity contribution in [3.05, 3.63) is 4.91 Å². The summed E-state index contributed by atoms with van der Waals surface area (Å²) in [5, 5.41) is 7.77. The lowest BCUT2D eigenvalue weighted by molar-refractivity contribution is 0.754. The topological polar surface area (TPSA) is 55.5 Å². The Kier molecular flexibility index (Phi) is 2.25. The molecule has 0 atom stereocenters. The van der Waals surface area contributed by atoms with Crippen molar-refractivity contribution in [3.63, 3.8) is 0 Å². The summed E-state index contributed by atoms with van der Waals surface area (Å²) in [5.74, 6) is 0. The molecule has 7 heavy (non-hydrogen) atoms. The summed E-state index contributed by atoms with van der Waals surface area (Å²) in [5.41, 5.74) is 0. The van der Waals surface area contributed by atoms with Gasteiger partial charge in [-0.2, -0.15) is 0 Å². The van der Waals surface area contributed by atoms with Crippen molar-refractivity contribution >= 4 is 11.9 Å². The van der Waals surface area contributed by atoms with E-state index in [2.05, 4.69) is 5.18 Å². The summed E-state index contributed by atoms with van der Waals surface area (Å²) in [7, 11) is 0. The van der Waals surface area contributed by atoms with Crippen molar-refractivity contribution < 1.29 is 0 Å². The van der Waals surface area contributed by atoms with Gasteiger partial charge < -0.3 is 0 Å². The van der Waals surface area contributed by atoms with E-state index < -0.39 is 4.87 Å². The van der Waals surface area contributed by atoms with Crippen LogP contribution in [0.4, 0.5) is 0 Å². The van der Waals surface area contributed by atoms with Gasteiger partial charge in [-0.25, -0.2) is 0 Å². The highest BCUT2D eigenvalue weighted by molar-refractivity contribution is 7.98. The molecule has 0 heterocycles. The van der Waals surface area contributed by atoms with Gasteiger partial charge in [-0.1, -0.05) is 17.1 Å². The summed E-state index contributed by atoms with van der Waals surface area (Å²) in [6, 6.07) is 0. The number of nitrogens with two attached hydrogens (primary N) is 1. The molecule has 0 unspecified atom stereocenters. The van der Waals surface area contributed by atoms with E-state index in [1.165, 1.54) is 0 Å². The van der Waals surface area contributed by atoms with Crippen molar-refractivity contribution in [2.75, 3.05) is 0 Å². The molecule has 42 valence electrons. The molecule has 0 aliphatic heterocycles. The third-order valence-corrected chi connectivity index (χ3v) is 1.16. The molecule has 0 aromatic carbocycles. The average Bonchev–Trinajstić information content (AvgIpc) is 1.68. The minimum absolute atomic E-state index is 0.653. The third kappa shape index (κ3) is 2.59. The Morgan fingerprint density at radius 3 is 2.14 bits per heavy atom. The second-order valence-corrected chi connectivity index (χ2v) is 2.89. The van der Waals surface area contributed by atoms with Crippen LogP contribution in [0, 0.1) is 4.91 Å². The number of nitrogens with zero attached hydrogens (tertiary/aromatic N) is 1. The number of hydrogen-bond acceptors (Lipinski definition) is 4. The van der Waals surface area contributed by atoms with Crippen LogP contribution >= 0.6 is 11.9 Å². The lowest BCUT2D eigenvalue weighted by Gasteiger charge is -2.07. The highest BCUT2D eigenvalue weighted by Crippen LogP contribution is 2.18. The molecular formula is C3H8N2OS. The highest BCUT2D eigenvalue weighted by Gasteiger charge is 2.15. The van der Waals surface area contributed by atoms with Crippen LogP contribution in [-0.2, 0) is 0 Å². The van der Waals surface area contributed by atoms with Crippen LogP contribution in [0.1, 0.15) is 13.8 Å². The van der Waals surface area contributed by atoms with Gasteiger partial charge in [0.05, 0.1) is 0 Å². The largest absolute Gasteiger partial charge is 0.276 e. The van der Waals surface area contributed by atoms with Gasteiger partial charge in [-0.15, -0.1) is 4.91 Å². The van der Waals surface area contributed by atoms with Crippen LogP contribution in [0.3, 0.4) is 0 Å². The van der Waals surface area contributed by atoms with Crippen molar-refractivity contribution in [1.82, 2.24) is 0 Å². The first kappa shape index (κ1) is 6.91. The zero-order valence-electron chi connectivity index (χ0n) is 4.34. The molecule has 0 aromatic heterocycles. The highest BCUT2D eigenvalue weighted by atomic mass is 32.2. The first-order valence-electron chi connectivity index (χ1n) is 1.85. The number of hydrogen-bond donors (Lipinski definition) is 1. The molecule has 0 aromatic rings. The summed E-state index contributed by atoms with van der Waals surface area (Å²) < 4.78 is 0. The van der Waals surface area contributed by atoms with Crippen molar-refractivity contribution in [1.29, 1.82) is 0 Å². The van der Waals surface area contributed by atoms with E-state index in [1.54, 1.807) is 13.8 Å². The molecule has 4 heteroatoms. The molecule has 0 saturated heterocycles. The Bertz CT molecular complexity index is 73.3. The van der Waals surface area contributed by atoms with Crippen LogP contribution in [0.15, 0.2) is 5.18 Å². The zero-order chi connectivity index (χ0) is 5.91. The quantitative estimate of drug-likeness (QED) is 0.438. The fourth-order valence-corrected chi connectivity index (χ4v) is 0.0645. The lowest BCUT2D eigenvalue weighted by Crippen LogP contribution is -2.11. The Morgan fingerprint density at radius 1 is 1.71 bits per heavy atom. The van der Waals surface area contributed by atoms with Crippen LogP contribution in [0.2, 0.25) is 0 Å². The van der Waals surface area contributed by atoms with Crippen LogP contribution in [0.5, 0.6) is 0 Å². The van der Waals surface area contributed by atoms with Gasteiger partial charge in [0.15, 0.2) is 4.87 Å². The van der Waals surface area contributed by atoms with Gasteiger partial charge in [-0.05, 0) is 13.8 Å². The zero-order valence-corrected chi connectivity index (χ0v) is 5.16. The maximum absolute atomic E-state index is 9.71. The van der Waals surface area contributed by atoms with Gasteiger partial charge in [0.25, 0.3) is 0 Å². The molecule has 0 rings (SSSR count). The van der Waals surface area contributed by atoms with Crippen LogP contribution < -0.4 is 5.14 Å². The fraction of sp³-hybridized carbons (Fsp3) is 1.00. The van der Waals surface area contributed by atoms with E-state index in [1.807, 2.05) is 0 Å². The van der Waals surface area contributed by atoms with Crippen molar-refractivity contribution in [2.24, 2.45) is 10.3 Å². The van der Waals surface area contributed by atoms with Gasteiger partial charge in [0.1, 0.15) is 0 Å². The van der Waals surface area contributed by atoms with Gasteiger partial charge in [-0.3, -0.25) is 5.14 Å². The molecule has 2 N–H and O–H groups in total. The molecule has 0 radical (unpaired) electrons. The second kappa shape index (κ2) is 2.28. The Morgan fingerprint density at radius 2 is 2.14 bits per heavy atom. The number of rotatable bonds is 2. The minimum Gasteiger partial charge on any atom is -0.276 e. The molecule has 0 bridgehead atoms. The summed E-state index contributed by atoms with van der Waals surface area (Å²) in [6.45, 7) is 3.31. The van der Waals surface area contributed by atoms with E-state index in [-0.39, 0.29) is 0 Å². The summed E-state index contributed by atoms with van der Waals surface area (Å²) in [6.07, 6.45) is 0. The van der Waals surface area contributed by atoms with E-state index in [9.17, 15) is 4.91 Å². The first-order valence-corrected chi connectivity index (χ1v) is 2.73. The second-order valence-electron chi connectivity index (χ2n) is 1.66. The van der Waals surface area contributed by atoms with E-state index >= 15 is 0 Å². The van der Waals surface area contributed by atoms with Gasteiger partial charge in [0.2, 0.25) is 0 Å². The first-order chi connectivity index (χ1) is 3.12. The van der Waals surface area contributed by atoms with Crippen molar-refractivity contribution in [2.45, 2.75) is 18.7 Å². The SMILES string of the molecule is CC(C)(N=O)SN. The predicted molar refractivity (Wildman–Crippen MR) is 31.7 cm³/mol. The maximum Gasteiger partial charge on any atom is 0.156 e. The Labute approximate surface area is 46.8 Å². The standard InChI is InChI=1S/C3H8N2OS/c1-3(2,5-6)7-4/h4H2,1-2H3. The van der Waals surface area contributed by atoms with Gasteiger partial charge >= 0.3 is 0 Å². The molecule has 0 aliphatic carbocycles. The molecule has 0 saturated carbocycles. The molecule has 3 nitrogen and oxygen atoms in total. The molecule has 0 amide bonds. The van der Waals surface area contributed by atoms with E-state index in [0.29, 0.717) is 0 Å². The monoisotopic (exact) mass is 120 g/mol. The lowest BCUT2D eigenvalue weighted by atomic mass is 10.4. The van der Waals surface area contributed by atoms with Gasteiger partial charge in [0, 0.05) is 0 Å². The number of nitroso groups, excluding NO2 is 1. The Hall–Kier alpha value is -0.0900. The normalized spacial score (nSPS) is 11.3. The molecule has 0 spiro atoms. The smallest absolute Gasteiger partial charge is 0.156 e. The summed E-state index contributed by atoms with van der Waals surface area (Å²) >= 11 is 0.948. The molecular weight excluding hydrogens is 112 g/mol. The minimum atomic E-state index is -0.653. The van der Waals surface area contributed by atoms with Crippen LogP contribution in [0.25, 0.3) is 0 Å². The molecule has 0 fully saturated rings. The van der Waals surface area contributed by atoms with E-state index in [0.717, 1.165) is 11.9 Å². The fourth-order valence-electron chi connectivity index (χ4n) is 0.0215. The maximum atomic E-state index is 9.71. The average molecular weight is 120 g/mol. The van der Waals surface area contributed by atoms with E-state index in [4.69, 9.17) is 5.14 Å². The molecule has 0 aliphatic rings. The van der Waals surface area contributed by atoms with Crippen LogP contribution in [-0.4, -0.2) is 4.87 Å². The predicted octanol–water partition coefficient (Wildman–Crippen LogP) is 1.10. The third-order valence-electron chi connectivity index (χ3n) is 0.508. The van der Waals surface area contributed by atoms with Crippen molar-refractivity contribution in [3.8, 4) is 0 Å².